The zero-order valence-electron chi connectivity index (χ0n) is 18.4. The molecule has 0 radical (unpaired) electrons. The van der Waals surface area contributed by atoms with Crippen molar-refractivity contribution in [2.45, 2.75) is 89.6 Å². The van der Waals surface area contributed by atoms with E-state index in [-0.39, 0.29) is 18.5 Å². The van der Waals surface area contributed by atoms with Gasteiger partial charge in [0.05, 0.1) is 12.8 Å². The molecule has 0 atom stereocenters. The fourth-order valence-corrected chi connectivity index (χ4v) is 5.43. The number of amides is 2. The van der Waals surface area contributed by atoms with Gasteiger partial charge in [0.1, 0.15) is 11.5 Å². The predicted molar refractivity (Wildman–Crippen MR) is 121 cm³/mol. The Bertz CT molecular complexity index is 682. The van der Waals surface area contributed by atoms with Crippen LogP contribution in [-0.4, -0.2) is 54.2 Å². The van der Waals surface area contributed by atoms with Gasteiger partial charge >= 0.3 is 12.0 Å². The molecule has 3 rings (SSSR count). The second kappa shape index (κ2) is 11.5. The van der Waals surface area contributed by atoms with Gasteiger partial charge < -0.3 is 14.5 Å². The minimum absolute atomic E-state index is 0.0113. The molecule has 2 aliphatic carbocycles. The van der Waals surface area contributed by atoms with Crippen LogP contribution in [0.2, 0.25) is 0 Å². The molecule has 8 heteroatoms. The number of hydrogen-bond acceptors (Lipinski definition) is 6. The highest BCUT2D eigenvalue weighted by molar-refractivity contribution is 7.19. The van der Waals surface area contributed by atoms with Crippen LogP contribution in [0.4, 0.5) is 14.9 Å². The number of urea groups is 1. The van der Waals surface area contributed by atoms with E-state index < -0.39 is 0 Å². The number of aromatic nitrogens is 1. The molecule has 30 heavy (non-hydrogen) atoms. The molecule has 0 saturated heterocycles. The third-order valence-electron chi connectivity index (χ3n) is 6.18. The van der Waals surface area contributed by atoms with E-state index in [0.29, 0.717) is 23.8 Å². The minimum Gasteiger partial charge on any atom is -0.465 e. The first kappa shape index (κ1) is 22.8. The van der Waals surface area contributed by atoms with Crippen LogP contribution in [0.25, 0.3) is 0 Å². The summed E-state index contributed by atoms with van der Waals surface area (Å²) in [6, 6.07) is 0.664. The molecule has 7 nitrogen and oxygen atoms in total. The molecule has 0 aromatic carbocycles. The third-order valence-corrected chi connectivity index (χ3v) is 7.20. The topological polar surface area (TPSA) is 74.8 Å². The Morgan fingerprint density at radius 3 is 2.20 bits per heavy atom. The van der Waals surface area contributed by atoms with E-state index in [1.165, 1.54) is 56.3 Å². The first-order valence-electron chi connectivity index (χ1n) is 11.5. The number of hydrogen-bond donors (Lipinski definition) is 1. The summed E-state index contributed by atoms with van der Waals surface area (Å²) in [6.45, 7) is 2.33. The zero-order chi connectivity index (χ0) is 21.3. The van der Waals surface area contributed by atoms with Gasteiger partial charge in [0.2, 0.25) is 0 Å². The lowest BCUT2D eigenvalue weighted by molar-refractivity contribution is -0.141. The summed E-state index contributed by atoms with van der Waals surface area (Å²) in [5.74, 6) is -0.268. The van der Waals surface area contributed by atoms with Crippen LogP contribution in [0, 0.1) is 0 Å². The van der Waals surface area contributed by atoms with Gasteiger partial charge in [0, 0.05) is 19.1 Å². The summed E-state index contributed by atoms with van der Waals surface area (Å²) in [4.78, 5) is 33.4. The molecule has 1 heterocycles. The average Bonchev–Trinajstić information content (AvgIpc) is 3.03. The minimum atomic E-state index is -0.268. The number of ether oxygens (including phenoxy) is 1. The predicted octanol–water partition coefficient (Wildman–Crippen LogP) is 5.03. The molecule has 2 amide bonds. The number of carbonyl (C=O) groups is 2. The van der Waals surface area contributed by atoms with E-state index >= 15 is 0 Å². The Morgan fingerprint density at radius 1 is 1.07 bits per heavy atom. The Labute approximate surface area is 184 Å². The molecule has 1 aromatic rings. The lowest BCUT2D eigenvalue weighted by Gasteiger charge is -2.39. The van der Waals surface area contributed by atoms with Crippen molar-refractivity contribution in [1.29, 1.82) is 0 Å². The fraction of sp³-hybridized carbons (Fsp3) is 0.773. The van der Waals surface area contributed by atoms with Gasteiger partial charge in [-0.25, -0.2) is 9.78 Å². The first-order valence-corrected chi connectivity index (χ1v) is 12.3. The van der Waals surface area contributed by atoms with E-state index in [9.17, 15) is 9.59 Å². The Kier molecular flexibility index (Phi) is 8.78. The molecule has 2 saturated carbocycles. The van der Waals surface area contributed by atoms with Gasteiger partial charge in [-0.2, -0.15) is 0 Å². The maximum Gasteiger partial charge on any atom is 0.325 e. The Balaban J connectivity index is 1.66. The molecule has 168 valence electrons. The highest BCUT2D eigenvalue weighted by atomic mass is 32.1. The van der Waals surface area contributed by atoms with E-state index in [2.05, 4.69) is 15.2 Å². The molecule has 1 N–H and O–H groups in total. The smallest absolute Gasteiger partial charge is 0.325 e. The van der Waals surface area contributed by atoms with Crippen LogP contribution in [0.15, 0.2) is 6.20 Å². The van der Waals surface area contributed by atoms with E-state index in [0.717, 1.165) is 30.7 Å². The van der Waals surface area contributed by atoms with Crippen molar-refractivity contribution >= 4 is 33.5 Å². The number of nitrogens with zero attached hydrogens (tertiary/aromatic N) is 3. The maximum absolute atomic E-state index is 13.4. The van der Waals surface area contributed by atoms with Crippen molar-refractivity contribution in [2.75, 3.05) is 30.4 Å². The maximum atomic E-state index is 13.4. The van der Waals surface area contributed by atoms with Crippen LogP contribution in [0.1, 0.15) is 77.6 Å². The highest BCUT2D eigenvalue weighted by Crippen LogP contribution is 2.32. The molecule has 2 fully saturated rings. The third kappa shape index (κ3) is 6.33. The summed E-state index contributed by atoms with van der Waals surface area (Å²) in [5, 5.41) is 4.48. The molecule has 0 spiro atoms. The van der Waals surface area contributed by atoms with Crippen LogP contribution in [0.3, 0.4) is 0 Å². The van der Waals surface area contributed by atoms with Crippen molar-refractivity contribution in [2.24, 2.45) is 0 Å². The van der Waals surface area contributed by atoms with Gasteiger partial charge in [0.25, 0.3) is 0 Å². The van der Waals surface area contributed by atoms with Gasteiger partial charge in [-0.3, -0.25) is 10.1 Å². The number of thiazole rings is 1. The van der Waals surface area contributed by atoms with Crippen LogP contribution in [0.5, 0.6) is 0 Å². The number of nitrogens with one attached hydrogen (secondary N) is 1. The molecule has 2 aliphatic rings. The normalized spacial score (nSPS) is 18.5. The molecule has 0 aliphatic heterocycles. The molecular formula is C22H36N4O3S. The fourth-order valence-electron chi connectivity index (χ4n) is 4.66. The lowest BCUT2D eigenvalue weighted by atomic mass is 9.92. The van der Waals surface area contributed by atoms with Crippen molar-refractivity contribution in [3.63, 3.8) is 0 Å². The number of anilines is 2. The molecule has 1 aromatic heterocycles. The van der Waals surface area contributed by atoms with Crippen molar-refractivity contribution in [1.82, 2.24) is 9.88 Å². The Morgan fingerprint density at radius 2 is 1.63 bits per heavy atom. The second-order valence-electron chi connectivity index (χ2n) is 8.44. The summed E-state index contributed by atoms with van der Waals surface area (Å²) >= 11 is 1.39. The zero-order valence-corrected chi connectivity index (χ0v) is 19.2. The number of likely N-dealkylation sites (N-methyl/N-ethyl adjacent to an activating group) is 1. The van der Waals surface area contributed by atoms with Crippen LogP contribution in [-0.2, 0) is 9.53 Å². The molecule has 0 unspecified atom stereocenters. The Hall–Kier alpha value is -1.83. The highest BCUT2D eigenvalue weighted by Gasteiger charge is 2.32. The standard InChI is InChI=1S/C22H36N4O3S/c1-3-29-20(27)16-25(2)19-15-23-21(30-19)24-22(28)26(18-13-9-6-10-14-18)17-11-7-4-5-8-12-17/h15,17-18H,3-14,16H2,1-2H3,(H,23,24,28). The van der Waals surface area contributed by atoms with Gasteiger partial charge in [-0.05, 0) is 32.6 Å². The van der Waals surface area contributed by atoms with Crippen LogP contribution >= 0.6 is 11.3 Å². The molecular weight excluding hydrogens is 400 g/mol. The van der Waals surface area contributed by atoms with Gasteiger partial charge in [0.15, 0.2) is 5.13 Å². The summed E-state index contributed by atoms with van der Waals surface area (Å²) in [6.07, 6.45) is 14.8. The lowest BCUT2D eigenvalue weighted by Crippen LogP contribution is -2.49. The molecule has 0 bridgehead atoms. The SMILES string of the molecule is CCOC(=O)CN(C)c1cnc(NC(=O)N(C2CCCCCC2)C2CCCCC2)s1. The van der Waals surface area contributed by atoms with Gasteiger partial charge in [-0.15, -0.1) is 0 Å². The first-order chi connectivity index (χ1) is 14.6. The summed E-state index contributed by atoms with van der Waals surface area (Å²) < 4.78 is 5.01. The van der Waals surface area contributed by atoms with E-state index in [1.54, 1.807) is 18.0 Å². The average molecular weight is 437 g/mol. The van der Waals surface area contributed by atoms with Crippen molar-refractivity contribution < 1.29 is 14.3 Å². The van der Waals surface area contributed by atoms with E-state index in [4.69, 9.17) is 4.74 Å². The van der Waals surface area contributed by atoms with Crippen LogP contribution < -0.4 is 10.2 Å². The number of esters is 1. The number of rotatable bonds is 7. The summed E-state index contributed by atoms with van der Waals surface area (Å²) in [7, 11) is 1.83. The van der Waals surface area contributed by atoms with Crippen molar-refractivity contribution in [3.8, 4) is 0 Å². The van der Waals surface area contributed by atoms with Crippen molar-refractivity contribution in [3.05, 3.63) is 6.20 Å². The second-order valence-corrected chi connectivity index (χ2v) is 9.45. The number of carbonyl (C=O) groups excluding carboxylic acids is 2. The quantitative estimate of drug-likeness (QED) is 0.479. The monoisotopic (exact) mass is 436 g/mol. The largest absolute Gasteiger partial charge is 0.465 e. The summed E-state index contributed by atoms with van der Waals surface area (Å²) in [5.41, 5.74) is 0. The van der Waals surface area contributed by atoms with Gasteiger partial charge in [-0.1, -0.05) is 56.3 Å². The van der Waals surface area contributed by atoms with E-state index in [1.807, 2.05) is 7.05 Å².